The summed E-state index contributed by atoms with van der Waals surface area (Å²) < 4.78 is 20.9. The van der Waals surface area contributed by atoms with Crippen LogP contribution in [0.3, 0.4) is 0 Å². The number of hydrogen-bond acceptors (Lipinski definition) is 7. The highest BCUT2D eigenvalue weighted by Gasteiger charge is 2.40. The number of ether oxygens (including phenoxy) is 1. The molecule has 2 aromatic rings. The maximum absolute atomic E-state index is 15.4. The molecule has 1 atom stereocenters. The summed E-state index contributed by atoms with van der Waals surface area (Å²) in [6.45, 7) is 0.324. The molecule has 2 aliphatic rings. The SMILES string of the molecule is CN(CCOCCc1ccc(NC(=O)Cc2ccc3c(c2F)CN(C2CCC(=O)NC2=O)C3=O)cc1Cl)C(=O)CO. The molecular weight excluding hydrogens is 559 g/mol. The molecule has 0 spiro atoms. The average molecular weight is 589 g/mol. The molecule has 2 heterocycles. The summed E-state index contributed by atoms with van der Waals surface area (Å²) in [5.74, 6) is -3.04. The predicted molar refractivity (Wildman–Crippen MR) is 145 cm³/mol. The molecule has 2 aromatic carbocycles. The third-order valence-electron chi connectivity index (χ3n) is 7.06. The minimum Gasteiger partial charge on any atom is -0.387 e. The maximum Gasteiger partial charge on any atom is 0.255 e. The van der Waals surface area contributed by atoms with E-state index in [4.69, 9.17) is 21.4 Å². The molecule has 0 aliphatic carbocycles. The zero-order chi connectivity index (χ0) is 29.7. The highest BCUT2D eigenvalue weighted by atomic mass is 35.5. The lowest BCUT2D eigenvalue weighted by atomic mass is 10.0. The topological polar surface area (TPSA) is 145 Å². The largest absolute Gasteiger partial charge is 0.387 e. The monoisotopic (exact) mass is 588 g/mol. The molecule has 4 rings (SSSR count). The Morgan fingerprint density at radius 2 is 1.95 bits per heavy atom. The molecule has 2 aliphatic heterocycles. The number of amides is 5. The van der Waals surface area contributed by atoms with Crippen LogP contribution in [0.1, 0.15) is 39.9 Å². The molecular formula is C28H30ClFN4O7. The molecule has 41 heavy (non-hydrogen) atoms. The van der Waals surface area contributed by atoms with Crippen LogP contribution in [0.4, 0.5) is 10.1 Å². The number of piperidine rings is 1. The van der Waals surface area contributed by atoms with Gasteiger partial charge in [-0.3, -0.25) is 29.3 Å². The Morgan fingerprint density at radius 1 is 1.20 bits per heavy atom. The highest BCUT2D eigenvalue weighted by Crippen LogP contribution is 2.31. The van der Waals surface area contributed by atoms with Crippen molar-refractivity contribution in [3.8, 4) is 0 Å². The van der Waals surface area contributed by atoms with Crippen LogP contribution in [0.25, 0.3) is 0 Å². The number of aliphatic hydroxyl groups excluding tert-OH is 1. The van der Waals surface area contributed by atoms with E-state index in [0.717, 1.165) is 5.56 Å². The summed E-state index contributed by atoms with van der Waals surface area (Å²) in [7, 11) is 1.57. The molecule has 218 valence electrons. The van der Waals surface area contributed by atoms with Gasteiger partial charge in [0.05, 0.1) is 26.2 Å². The van der Waals surface area contributed by atoms with Gasteiger partial charge in [0.15, 0.2) is 0 Å². The Hall–Kier alpha value is -3.87. The number of rotatable bonds is 11. The van der Waals surface area contributed by atoms with Crippen LogP contribution in [-0.2, 0) is 43.3 Å². The van der Waals surface area contributed by atoms with Crippen molar-refractivity contribution in [1.29, 1.82) is 0 Å². The summed E-state index contributed by atoms with van der Waals surface area (Å²) in [4.78, 5) is 63.2. The van der Waals surface area contributed by atoms with Crippen molar-refractivity contribution in [1.82, 2.24) is 15.1 Å². The van der Waals surface area contributed by atoms with Gasteiger partial charge in [0, 0.05) is 41.9 Å². The van der Waals surface area contributed by atoms with Gasteiger partial charge in [-0.15, -0.1) is 0 Å². The summed E-state index contributed by atoms with van der Waals surface area (Å²) in [5, 5.41) is 14.1. The first-order chi connectivity index (χ1) is 19.6. The van der Waals surface area contributed by atoms with Crippen molar-refractivity contribution in [2.24, 2.45) is 0 Å². The number of fused-ring (bicyclic) bond motifs is 1. The molecule has 0 bridgehead atoms. The van der Waals surface area contributed by atoms with E-state index >= 15 is 4.39 Å². The van der Waals surface area contributed by atoms with Crippen molar-refractivity contribution in [3.63, 3.8) is 0 Å². The van der Waals surface area contributed by atoms with E-state index in [1.54, 1.807) is 25.2 Å². The molecule has 1 fully saturated rings. The molecule has 0 saturated carbocycles. The fraction of sp³-hybridized carbons (Fsp3) is 0.393. The van der Waals surface area contributed by atoms with Gasteiger partial charge in [-0.2, -0.15) is 0 Å². The number of nitrogens with zero attached hydrogens (tertiary/aromatic N) is 2. The number of aliphatic hydroxyl groups is 1. The van der Waals surface area contributed by atoms with Crippen LogP contribution in [0, 0.1) is 5.82 Å². The fourth-order valence-electron chi connectivity index (χ4n) is 4.73. The van der Waals surface area contributed by atoms with E-state index in [-0.39, 0.29) is 48.4 Å². The van der Waals surface area contributed by atoms with Crippen LogP contribution in [0.15, 0.2) is 30.3 Å². The zero-order valence-electron chi connectivity index (χ0n) is 22.4. The molecule has 0 aromatic heterocycles. The van der Waals surface area contributed by atoms with Gasteiger partial charge in [-0.25, -0.2) is 4.39 Å². The minimum atomic E-state index is -0.859. The van der Waals surface area contributed by atoms with Crippen molar-refractivity contribution in [2.75, 3.05) is 38.7 Å². The number of halogens is 2. The number of carbonyl (C=O) groups excluding carboxylic acids is 5. The number of anilines is 1. The number of likely N-dealkylation sites (N-methyl/N-ethyl adjacent to an activating group) is 1. The lowest BCUT2D eigenvalue weighted by Gasteiger charge is -2.29. The van der Waals surface area contributed by atoms with Gasteiger partial charge in [0.25, 0.3) is 5.91 Å². The predicted octanol–water partition coefficient (Wildman–Crippen LogP) is 1.43. The molecule has 13 heteroatoms. The van der Waals surface area contributed by atoms with E-state index in [1.807, 2.05) is 0 Å². The standard InChI is InChI=1S/C28H30ClFN4O7/c1-33(25(38)15-35)9-11-41-10-8-16-2-4-18(13-21(16)29)31-24(37)12-17-3-5-19-20(26(17)30)14-34(28(19)40)22-6-7-23(36)32-27(22)39/h2-5,13,22,35H,6-12,14-15H2,1H3,(H,31,37)(H,32,36,39). The summed E-state index contributed by atoms with van der Waals surface area (Å²) in [6, 6.07) is 6.97. The van der Waals surface area contributed by atoms with E-state index in [0.29, 0.717) is 36.9 Å². The quantitative estimate of drug-likeness (QED) is 0.266. The first kappa shape index (κ1) is 30.1. The van der Waals surface area contributed by atoms with E-state index < -0.39 is 42.1 Å². The number of hydrogen-bond donors (Lipinski definition) is 3. The summed E-state index contributed by atoms with van der Waals surface area (Å²) in [6.07, 6.45) is 0.475. The Bertz CT molecular complexity index is 1390. The second kappa shape index (κ2) is 13.2. The normalized spacial score (nSPS) is 16.4. The molecule has 5 amide bonds. The van der Waals surface area contributed by atoms with Crippen LogP contribution in [0.2, 0.25) is 5.02 Å². The highest BCUT2D eigenvalue weighted by molar-refractivity contribution is 6.31. The van der Waals surface area contributed by atoms with Gasteiger partial charge >= 0.3 is 0 Å². The number of benzene rings is 2. The lowest BCUT2D eigenvalue weighted by molar-refractivity contribution is -0.137. The summed E-state index contributed by atoms with van der Waals surface area (Å²) >= 11 is 6.36. The van der Waals surface area contributed by atoms with Gasteiger partial charge in [0.2, 0.25) is 23.6 Å². The molecule has 0 radical (unpaired) electrons. The average Bonchev–Trinajstić information content (AvgIpc) is 3.27. The van der Waals surface area contributed by atoms with Gasteiger partial charge in [0.1, 0.15) is 18.5 Å². The van der Waals surface area contributed by atoms with Gasteiger partial charge < -0.3 is 25.0 Å². The Morgan fingerprint density at radius 3 is 2.66 bits per heavy atom. The lowest BCUT2D eigenvalue weighted by Crippen LogP contribution is -2.52. The number of nitrogens with one attached hydrogen (secondary N) is 2. The van der Waals surface area contributed by atoms with E-state index in [9.17, 15) is 24.0 Å². The van der Waals surface area contributed by atoms with Crippen molar-refractivity contribution in [3.05, 3.63) is 63.4 Å². The maximum atomic E-state index is 15.4. The third-order valence-corrected chi connectivity index (χ3v) is 7.42. The van der Waals surface area contributed by atoms with E-state index in [2.05, 4.69) is 10.6 Å². The van der Waals surface area contributed by atoms with Crippen molar-refractivity contribution >= 4 is 46.8 Å². The van der Waals surface area contributed by atoms with Crippen LogP contribution in [-0.4, -0.2) is 83.9 Å². The first-order valence-corrected chi connectivity index (χ1v) is 13.4. The number of imide groups is 1. The second-order valence-electron chi connectivity index (χ2n) is 9.83. The van der Waals surface area contributed by atoms with Crippen LogP contribution < -0.4 is 10.6 Å². The zero-order valence-corrected chi connectivity index (χ0v) is 23.1. The van der Waals surface area contributed by atoms with Gasteiger partial charge in [-0.1, -0.05) is 23.7 Å². The Labute approximate surface area is 240 Å². The van der Waals surface area contributed by atoms with Gasteiger partial charge in [-0.05, 0) is 42.2 Å². The Kier molecular flexibility index (Phi) is 9.69. The van der Waals surface area contributed by atoms with E-state index in [1.165, 1.54) is 21.9 Å². The molecule has 1 saturated heterocycles. The molecule has 11 nitrogen and oxygen atoms in total. The summed E-state index contributed by atoms with van der Waals surface area (Å²) in [5.41, 5.74) is 1.57. The smallest absolute Gasteiger partial charge is 0.255 e. The van der Waals surface area contributed by atoms with Crippen LogP contribution >= 0.6 is 11.6 Å². The minimum absolute atomic E-state index is 0.0936. The van der Waals surface area contributed by atoms with Crippen LogP contribution in [0.5, 0.6) is 0 Å². The Balaban J connectivity index is 1.30. The van der Waals surface area contributed by atoms with Crippen molar-refractivity contribution in [2.45, 2.75) is 38.3 Å². The fourth-order valence-corrected chi connectivity index (χ4v) is 5.00. The first-order valence-electron chi connectivity index (χ1n) is 13.0. The number of carbonyl (C=O) groups is 5. The molecule has 1 unspecified atom stereocenters. The third kappa shape index (κ3) is 7.07. The van der Waals surface area contributed by atoms with Crippen molar-refractivity contribution < 1.29 is 38.2 Å². The second-order valence-corrected chi connectivity index (χ2v) is 10.2. The molecule has 3 N–H and O–H groups in total.